The maximum absolute atomic E-state index is 8.03. The van der Waals surface area contributed by atoms with E-state index in [2.05, 4.69) is 20.6 Å². The van der Waals surface area contributed by atoms with E-state index in [0.717, 1.165) is 0 Å². The second kappa shape index (κ2) is 12.4. The van der Waals surface area contributed by atoms with Gasteiger partial charge in [0.25, 0.3) is 0 Å². The molecule has 0 radical (unpaired) electrons. The molecule has 0 fully saturated rings. The summed E-state index contributed by atoms with van der Waals surface area (Å²) in [7, 11) is 0. The van der Waals surface area contributed by atoms with Crippen LogP contribution in [0.3, 0.4) is 0 Å². The summed E-state index contributed by atoms with van der Waals surface area (Å²) in [6, 6.07) is 0. The van der Waals surface area contributed by atoms with E-state index in [-0.39, 0.29) is 16.5 Å². The van der Waals surface area contributed by atoms with E-state index in [1.54, 1.807) is 0 Å². The van der Waals surface area contributed by atoms with Gasteiger partial charge in [-0.1, -0.05) is 20.6 Å². The third-order valence-electron chi connectivity index (χ3n) is 1.65. The molecular weight excluding hydrogens is 275 g/mol. The van der Waals surface area contributed by atoms with Crippen molar-refractivity contribution in [2.24, 2.45) is 20.6 Å². The van der Waals surface area contributed by atoms with Crippen LogP contribution in [-0.2, 0) is 16.5 Å². The maximum atomic E-state index is 8.03. The van der Waals surface area contributed by atoms with Gasteiger partial charge in [-0.05, 0) is 27.7 Å². The summed E-state index contributed by atoms with van der Waals surface area (Å²) in [6.07, 6.45) is 0. The summed E-state index contributed by atoms with van der Waals surface area (Å²) >= 11 is 0. The number of rotatable bonds is 2. The van der Waals surface area contributed by atoms with Crippen LogP contribution < -0.4 is 0 Å². The third kappa shape index (κ3) is 10.7. The molecule has 0 aromatic heterocycles. The van der Waals surface area contributed by atoms with E-state index in [1.165, 1.54) is 27.7 Å². The molecule has 0 rings (SSSR count). The zero-order valence-electron chi connectivity index (χ0n) is 9.89. The normalized spacial score (nSPS) is 13.4. The van der Waals surface area contributed by atoms with E-state index in [9.17, 15) is 0 Å². The standard InChI is InChI=1S/2C4H8N2O2.Ni/c2*1-3(5-7)4(2)6-8;/h2*7-8H,1-2H3;/b5-3-,6-4+;5-3-,6-4-;. The molecule has 0 bridgehead atoms. The predicted octanol–water partition coefficient (Wildman–Crippen LogP) is 1.37. The van der Waals surface area contributed by atoms with Gasteiger partial charge in [-0.25, -0.2) is 0 Å². The largest absolute Gasteiger partial charge is 0.411 e. The minimum atomic E-state index is 0. The van der Waals surface area contributed by atoms with Gasteiger partial charge in [0.05, 0.1) is 0 Å². The summed E-state index contributed by atoms with van der Waals surface area (Å²) in [4.78, 5) is 0. The van der Waals surface area contributed by atoms with Crippen LogP contribution in [0.15, 0.2) is 20.6 Å². The zero-order chi connectivity index (χ0) is 13.1. The molecule has 0 aromatic rings. The maximum Gasteiger partial charge on any atom is 0.101 e. The Morgan fingerprint density at radius 3 is 0.706 bits per heavy atom. The number of hydrogen-bond acceptors (Lipinski definition) is 8. The van der Waals surface area contributed by atoms with Crippen molar-refractivity contribution >= 4 is 22.8 Å². The van der Waals surface area contributed by atoms with Gasteiger partial charge < -0.3 is 20.8 Å². The van der Waals surface area contributed by atoms with E-state index < -0.39 is 0 Å². The molecule has 0 unspecified atom stereocenters. The smallest absolute Gasteiger partial charge is 0.101 e. The number of oxime groups is 4. The molecule has 0 saturated carbocycles. The summed E-state index contributed by atoms with van der Waals surface area (Å²) in [5.74, 6) is 0. The molecule has 17 heavy (non-hydrogen) atoms. The molecule has 0 aromatic carbocycles. The van der Waals surface area contributed by atoms with E-state index in [1.807, 2.05) is 0 Å². The summed E-state index contributed by atoms with van der Waals surface area (Å²) in [5, 5.41) is 43.3. The van der Waals surface area contributed by atoms with Gasteiger partial charge in [-0.15, -0.1) is 0 Å². The molecule has 0 heterocycles. The third-order valence-corrected chi connectivity index (χ3v) is 1.65. The average molecular weight is 291 g/mol. The first-order valence-electron chi connectivity index (χ1n) is 4.19. The first-order valence-corrected chi connectivity index (χ1v) is 4.19. The fourth-order valence-corrected chi connectivity index (χ4v) is 0.289. The SMILES string of the molecule is CC(=N/O)/C(C)=N/O.CC(=N/O)/C(C)=N\O.[Ni]. The zero-order valence-corrected chi connectivity index (χ0v) is 10.9. The molecule has 0 spiro atoms. The monoisotopic (exact) mass is 290 g/mol. The summed E-state index contributed by atoms with van der Waals surface area (Å²) in [5.41, 5.74) is 1.25. The summed E-state index contributed by atoms with van der Waals surface area (Å²) < 4.78 is 0. The van der Waals surface area contributed by atoms with Crippen LogP contribution in [0.25, 0.3) is 0 Å². The Bertz CT molecular complexity index is 261. The van der Waals surface area contributed by atoms with Gasteiger partial charge in [-0.2, -0.15) is 0 Å². The fourth-order valence-electron chi connectivity index (χ4n) is 0.289. The van der Waals surface area contributed by atoms with Gasteiger partial charge in [0.2, 0.25) is 0 Å². The molecule has 0 amide bonds. The summed E-state index contributed by atoms with van der Waals surface area (Å²) in [6.45, 7) is 6.15. The first kappa shape index (κ1) is 20.7. The quantitative estimate of drug-likeness (QED) is 0.265. The molecular formula is C8H16N4NiO4. The molecule has 8 nitrogen and oxygen atoms in total. The van der Waals surface area contributed by atoms with Gasteiger partial charge >= 0.3 is 0 Å². The van der Waals surface area contributed by atoms with E-state index in [4.69, 9.17) is 20.8 Å². The van der Waals surface area contributed by atoms with Crippen molar-refractivity contribution in [3.8, 4) is 0 Å². The molecule has 4 N–H and O–H groups in total. The van der Waals surface area contributed by atoms with Crippen molar-refractivity contribution in [1.29, 1.82) is 0 Å². The average Bonchev–Trinajstić information content (AvgIpc) is 2.35. The fraction of sp³-hybridized carbons (Fsp3) is 0.500. The Morgan fingerprint density at radius 2 is 0.647 bits per heavy atom. The van der Waals surface area contributed by atoms with Crippen LogP contribution in [0, 0.1) is 0 Å². The molecule has 0 atom stereocenters. The Morgan fingerprint density at radius 1 is 0.529 bits per heavy atom. The number of nitrogens with zero attached hydrogens (tertiary/aromatic N) is 4. The van der Waals surface area contributed by atoms with Crippen molar-refractivity contribution in [2.75, 3.05) is 0 Å². The van der Waals surface area contributed by atoms with Crippen molar-refractivity contribution in [3.63, 3.8) is 0 Å². The molecule has 0 aliphatic rings. The minimum absolute atomic E-state index is 0. The topological polar surface area (TPSA) is 130 Å². The van der Waals surface area contributed by atoms with Crippen LogP contribution in [0.5, 0.6) is 0 Å². The molecule has 0 saturated heterocycles. The van der Waals surface area contributed by atoms with Gasteiger partial charge in [0.15, 0.2) is 0 Å². The van der Waals surface area contributed by atoms with Crippen molar-refractivity contribution in [1.82, 2.24) is 0 Å². The molecule has 102 valence electrons. The second-order valence-corrected chi connectivity index (χ2v) is 2.74. The van der Waals surface area contributed by atoms with Crippen molar-refractivity contribution < 1.29 is 37.3 Å². The van der Waals surface area contributed by atoms with Crippen LogP contribution in [0.1, 0.15) is 27.7 Å². The van der Waals surface area contributed by atoms with Crippen LogP contribution in [0.2, 0.25) is 0 Å². The van der Waals surface area contributed by atoms with Crippen LogP contribution in [0.4, 0.5) is 0 Å². The molecule has 9 heteroatoms. The second-order valence-electron chi connectivity index (χ2n) is 2.74. The Hall–Kier alpha value is -1.63. The van der Waals surface area contributed by atoms with Gasteiger partial charge in [0, 0.05) is 16.5 Å². The van der Waals surface area contributed by atoms with Crippen molar-refractivity contribution in [2.45, 2.75) is 27.7 Å². The Labute approximate surface area is 109 Å². The first-order chi connectivity index (χ1) is 7.44. The molecule has 0 aliphatic heterocycles. The van der Waals surface area contributed by atoms with E-state index >= 15 is 0 Å². The van der Waals surface area contributed by atoms with Gasteiger partial charge in [-0.3, -0.25) is 0 Å². The Balaban J connectivity index is -0.000000218. The van der Waals surface area contributed by atoms with Crippen LogP contribution >= 0.6 is 0 Å². The van der Waals surface area contributed by atoms with Crippen LogP contribution in [-0.4, -0.2) is 43.7 Å². The van der Waals surface area contributed by atoms with E-state index in [0.29, 0.717) is 22.8 Å². The number of hydrogen-bond donors (Lipinski definition) is 4. The predicted molar refractivity (Wildman–Crippen MR) is 59.6 cm³/mol. The Kier molecular flexibility index (Phi) is 15.2. The van der Waals surface area contributed by atoms with Gasteiger partial charge in [0.1, 0.15) is 22.8 Å². The van der Waals surface area contributed by atoms with Crippen molar-refractivity contribution in [3.05, 3.63) is 0 Å². The molecule has 0 aliphatic carbocycles. The minimum Gasteiger partial charge on any atom is -0.411 e.